The second-order valence-corrected chi connectivity index (χ2v) is 8.13. The maximum absolute atomic E-state index is 12.6. The number of nitrogens with two attached hydrogens (primary N) is 1. The first-order chi connectivity index (χ1) is 15.6. The van der Waals surface area contributed by atoms with E-state index in [1.165, 1.54) is 6.08 Å². The fourth-order valence-corrected chi connectivity index (χ4v) is 4.07. The Morgan fingerprint density at radius 1 is 1.03 bits per heavy atom. The van der Waals surface area contributed by atoms with E-state index in [1.807, 2.05) is 64.8 Å². The number of benzene rings is 2. The number of aromatic nitrogens is 2. The highest BCUT2D eigenvalue weighted by Crippen LogP contribution is 2.28. The molecule has 1 atom stereocenters. The Bertz CT molecular complexity index is 1220. The average Bonchev–Trinajstić information content (AvgIpc) is 3.47. The fourth-order valence-electron chi connectivity index (χ4n) is 3.34. The quantitative estimate of drug-likeness (QED) is 0.404. The predicted octanol–water partition coefficient (Wildman–Crippen LogP) is 4.02. The lowest BCUT2D eigenvalue weighted by Gasteiger charge is -2.14. The van der Waals surface area contributed by atoms with Crippen LogP contribution in [0.3, 0.4) is 0 Å². The number of carbonyl (C=O) groups excluding carboxylic acids is 2. The molecule has 0 fully saturated rings. The van der Waals surface area contributed by atoms with Gasteiger partial charge in [-0.15, -0.1) is 11.3 Å². The average molecular weight is 443 g/mol. The van der Waals surface area contributed by atoms with Gasteiger partial charge in [0, 0.05) is 17.8 Å². The van der Waals surface area contributed by atoms with Crippen LogP contribution in [-0.4, -0.2) is 21.6 Å². The van der Waals surface area contributed by atoms with Gasteiger partial charge in [-0.05, 0) is 28.6 Å². The van der Waals surface area contributed by atoms with E-state index in [0.29, 0.717) is 12.1 Å². The van der Waals surface area contributed by atoms with E-state index in [2.05, 4.69) is 5.32 Å². The summed E-state index contributed by atoms with van der Waals surface area (Å²) in [6.45, 7) is 0.622. The Balaban J connectivity index is 1.55. The Hall–Kier alpha value is -3.97. The third kappa shape index (κ3) is 5.19. The molecule has 1 unspecified atom stereocenters. The van der Waals surface area contributed by atoms with Crippen molar-refractivity contribution in [2.75, 3.05) is 0 Å². The fraction of sp³-hybridized carbons (Fsp3) is 0.0800. The van der Waals surface area contributed by atoms with E-state index >= 15 is 0 Å². The molecule has 2 aromatic heterocycles. The van der Waals surface area contributed by atoms with Crippen molar-refractivity contribution in [1.82, 2.24) is 15.1 Å². The number of nitrogens with zero attached hydrogens (tertiary/aromatic N) is 2. The lowest BCUT2D eigenvalue weighted by Crippen LogP contribution is -2.36. The molecule has 6 nitrogen and oxygen atoms in total. The summed E-state index contributed by atoms with van der Waals surface area (Å²) in [6.07, 6.45) is 5.02. The van der Waals surface area contributed by atoms with E-state index in [1.54, 1.807) is 41.7 Å². The molecule has 0 radical (unpaired) electrons. The number of rotatable bonds is 8. The predicted molar refractivity (Wildman–Crippen MR) is 127 cm³/mol. The van der Waals surface area contributed by atoms with E-state index in [9.17, 15) is 9.59 Å². The van der Waals surface area contributed by atoms with Crippen molar-refractivity contribution < 1.29 is 9.59 Å². The topological polar surface area (TPSA) is 90.0 Å². The van der Waals surface area contributed by atoms with E-state index in [4.69, 9.17) is 10.8 Å². The van der Waals surface area contributed by atoms with Crippen molar-refractivity contribution in [1.29, 1.82) is 0 Å². The molecule has 0 spiro atoms. The van der Waals surface area contributed by atoms with Crippen molar-refractivity contribution in [3.05, 3.63) is 107 Å². The van der Waals surface area contributed by atoms with Crippen LogP contribution in [0.4, 0.5) is 0 Å². The molecular formula is C25H22N4O2S. The molecular weight excluding hydrogens is 420 g/mol. The van der Waals surface area contributed by atoms with Crippen molar-refractivity contribution in [3.63, 3.8) is 0 Å². The second-order valence-electron chi connectivity index (χ2n) is 7.18. The third-order valence-electron chi connectivity index (χ3n) is 4.85. The Labute approximate surface area is 190 Å². The Kier molecular flexibility index (Phi) is 6.57. The Morgan fingerprint density at radius 3 is 2.41 bits per heavy atom. The molecule has 4 rings (SSSR count). The normalized spacial score (nSPS) is 12.0. The van der Waals surface area contributed by atoms with Gasteiger partial charge in [0.05, 0.1) is 11.4 Å². The molecule has 0 aliphatic rings. The number of carbonyl (C=O) groups is 2. The molecule has 2 aromatic carbocycles. The van der Waals surface area contributed by atoms with E-state index < -0.39 is 17.9 Å². The summed E-state index contributed by atoms with van der Waals surface area (Å²) in [6, 6.07) is 22.0. The first-order valence-corrected chi connectivity index (χ1v) is 11.0. The summed E-state index contributed by atoms with van der Waals surface area (Å²) in [5.74, 6) is -1.03. The first kappa shape index (κ1) is 21.3. The number of hydrogen-bond donors (Lipinski definition) is 2. The van der Waals surface area contributed by atoms with Crippen molar-refractivity contribution in [3.8, 4) is 10.6 Å². The standard InChI is InChI=1S/C25H22N4O2S/c26-25(31)24(19-10-5-2-6-11-19)27-22(30)14-13-20-17-29(16-18-8-3-1-4-9-18)28-23(20)21-12-7-15-32-21/h1-15,17,24H,16H2,(H2,26,31)(H,27,30)/b14-13+. The summed E-state index contributed by atoms with van der Waals surface area (Å²) < 4.78 is 1.86. The zero-order valence-electron chi connectivity index (χ0n) is 17.2. The van der Waals surface area contributed by atoms with Gasteiger partial charge in [-0.1, -0.05) is 66.7 Å². The Morgan fingerprint density at radius 2 is 1.75 bits per heavy atom. The minimum Gasteiger partial charge on any atom is -0.368 e. The lowest BCUT2D eigenvalue weighted by molar-refractivity contribution is -0.125. The van der Waals surface area contributed by atoms with Crippen LogP contribution in [0.1, 0.15) is 22.7 Å². The number of thiophene rings is 1. The van der Waals surface area contributed by atoms with E-state index in [0.717, 1.165) is 21.7 Å². The lowest BCUT2D eigenvalue weighted by atomic mass is 10.1. The molecule has 0 saturated carbocycles. The van der Waals surface area contributed by atoms with E-state index in [-0.39, 0.29) is 0 Å². The van der Waals surface area contributed by atoms with Crippen molar-refractivity contribution in [2.45, 2.75) is 12.6 Å². The van der Waals surface area contributed by atoms with Crippen LogP contribution in [-0.2, 0) is 16.1 Å². The monoisotopic (exact) mass is 442 g/mol. The summed E-state index contributed by atoms with van der Waals surface area (Å²) in [5.41, 5.74) is 8.88. The van der Waals surface area contributed by atoms with Crippen LogP contribution < -0.4 is 11.1 Å². The van der Waals surface area contributed by atoms with Gasteiger partial charge < -0.3 is 11.1 Å². The van der Waals surface area contributed by atoms with Crippen molar-refractivity contribution >= 4 is 29.2 Å². The largest absolute Gasteiger partial charge is 0.368 e. The number of amides is 2. The number of nitrogens with one attached hydrogen (secondary N) is 1. The molecule has 32 heavy (non-hydrogen) atoms. The zero-order valence-corrected chi connectivity index (χ0v) is 18.0. The van der Waals surface area contributed by atoms with Crippen LogP contribution in [0, 0.1) is 0 Å². The minimum absolute atomic E-state index is 0.411. The maximum Gasteiger partial charge on any atom is 0.244 e. The van der Waals surface area contributed by atoms with Gasteiger partial charge in [-0.3, -0.25) is 14.3 Å². The second kappa shape index (κ2) is 9.89. The van der Waals surface area contributed by atoms with Crippen LogP contribution in [0.5, 0.6) is 0 Å². The number of primary amides is 1. The highest BCUT2D eigenvalue weighted by Gasteiger charge is 2.19. The maximum atomic E-state index is 12.6. The highest BCUT2D eigenvalue weighted by molar-refractivity contribution is 7.13. The van der Waals surface area contributed by atoms with Gasteiger partial charge in [0.15, 0.2) is 0 Å². The molecule has 0 aliphatic carbocycles. The first-order valence-electron chi connectivity index (χ1n) is 10.1. The zero-order chi connectivity index (χ0) is 22.3. The number of hydrogen-bond acceptors (Lipinski definition) is 4. The third-order valence-corrected chi connectivity index (χ3v) is 5.73. The molecule has 160 valence electrons. The molecule has 2 amide bonds. The minimum atomic E-state index is -0.897. The molecule has 4 aromatic rings. The summed E-state index contributed by atoms with van der Waals surface area (Å²) >= 11 is 1.58. The van der Waals surface area contributed by atoms with Crippen LogP contribution in [0.2, 0.25) is 0 Å². The highest BCUT2D eigenvalue weighted by atomic mass is 32.1. The van der Waals surface area contributed by atoms with Crippen LogP contribution in [0.25, 0.3) is 16.6 Å². The summed E-state index contributed by atoms with van der Waals surface area (Å²) in [5, 5.41) is 9.40. The van der Waals surface area contributed by atoms with Gasteiger partial charge in [0.25, 0.3) is 0 Å². The summed E-state index contributed by atoms with van der Waals surface area (Å²) in [4.78, 5) is 25.4. The van der Waals surface area contributed by atoms with Crippen molar-refractivity contribution in [2.24, 2.45) is 5.73 Å². The van der Waals surface area contributed by atoms with Gasteiger partial charge in [0.1, 0.15) is 11.7 Å². The smallest absolute Gasteiger partial charge is 0.244 e. The van der Waals surface area contributed by atoms with Gasteiger partial charge in [0.2, 0.25) is 11.8 Å². The van der Waals surface area contributed by atoms with Crippen LogP contribution >= 0.6 is 11.3 Å². The SMILES string of the molecule is NC(=O)C(NC(=O)/C=C/c1cn(Cc2ccccc2)nc1-c1cccs1)c1ccccc1. The molecule has 0 aliphatic heterocycles. The molecule has 0 saturated heterocycles. The summed E-state index contributed by atoms with van der Waals surface area (Å²) in [7, 11) is 0. The van der Waals surface area contributed by atoms with Gasteiger partial charge in [-0.25, -0.2) is 0 Å². The molecule has 7 heteroatoms. The molecule has 3 N–H and O–H groups in total. The molecule has 2 heterocycles. The van der Waals surface area contributed by atoms with Gasteiger partial charge >= 0.3 is 0 Å². The van der Waals surface area contributed by atoms with Gasteiger partial charge in [-0.2, -0.15) is 5.10 Å². The van der Waals surface area contributed by atoms with Crippen LogP contribution in [0.15, 0.2) is 90.4 Å². The molecule has 0 bridgehead atoms.